The van der Waals surface area contributed by atoms with E-state index in [4.69, 9.17) is 5.11 Å². The van der Waals surface area contributed by atoms with E-state index < -0.39 is 5.97 Å². The van der Waals surface area contributed by atoms with E-state index in [9.17, 15) is 4.79 Å². The van der Waals surface area contributed by atoms with Crippen molar-refractivity contribution < 1.29 is 9.90 Å². The van der Waals surface area contributed by atoms with Gasteiger partial charge in [0.2, 0.25) is 0 Å². The molecule has 1 aliphatic rings. The van der Waals surface area contributed by atoms with E-state index >= 15 is 0 Å². The Hall–Kier alpha value is -0.940. The molecule has 78 valence electrons. The first-order chi connectivity index (χ1) is 7.16. The Balaban J connectivity index is 2.17. The average Bonchev–Trinajstić information content (AvgIpc) is 2.87. The predicted molar refractivity (Wildman–Crippen MR) is 61.2 cm³/mol. The van der Waals surface area contributed by atoms with Crippen LogP contribution in [0.15, 0.2) is 0 Å². The molecule has 0 saturated heterocycles. The van der Waals surface area contributed by atoms with Crippen LogP contribution in [0, 0.1) is 6.92 Å². The lowest BCUT2D eigenvalue weighted by Crippen LogP contribution is -1.94. The van der Waals surface area contributed by atoms with Gasteiger partial charge in [-0.1, -0.05) is 0 Å². The number of rotatable bonds is 2. The Kier molecular flexibility index (Phi) is 1.87. The summed E-state index contributed by atoms with van der Waals surface area (Å²) in [6.45, 7) is 1.85. The van der Waals surface area contributed by atoms with Crippen LogP contribution in [0.5, 0.6) is 0 Å². The van der Waals surface area contributed by atoms with Crippen LogP contribution in [0.2, 0.25) is 0 Å². The highest BCUT2D eigenvalue weighted by molar-refractivity contribution is 7.38. The summed E-state index contributed by atoms with van der Waals surface area (Å²) in [6.07, 6.45) is 2.48. The van der Waals surface area contributed by atoms with E-state index in [0.717, 1.165) is 15.1 Å². The van der Waals surface area contributed by atoms with Gasteiger partial charge in [-0.05, 0) is 19.8 Å². The van der Waals surface area contributed by atoms with Gasteiger partial charge in [0.05, 0.1) is 10.5 Å². The molecule has 1 fully saturated rings. The first-order valence-corrected chi connectivity index (χ1v) is 6.43. The molecule has 15 heavy (non-hydrogen) atoms. The van der Waals surface area contributed by atoms with Crippen molar-refractivity contribution in [2.24, 2.45) is 0 Å². The topological polar surface area (TPSA) is 50.2 Å². The lowest BCUT2D eigenvalue weighted by molar-refractivity contribution is 0.0701. The molecule has 0 amide bonds. The van der Waals surface area contributed by atoms with E-state index in [1.165, 1.54) is 29.2 Å². The summed E-state index contributed by atoms with van der Waals surface area (Å²) in [5.41, 5.74) is 1.73. The van der Waals surface area contributed by atoms with Crippen LogP contribution < -0.4 is 0 Å². The number of nitrogens with zero attached hydrogens (tertiary/aromatic N) is 1. The maximum atomic E-state index is 10.9. The zero-order valence-corrected chi connectivity index (χ0v) is 9.74. The number of carboxylic acids is 1. The molecule has 0 spiro atoms. The number of aromatic carboxylic acids is 1. The minimum atomic E-state index is -0.837. The standard InChI is InChI=1S/C10H9NO2S2/c1-4-6-10(14-7(4)9(12)13)15-8(11-6)5-2-3-5/h5H,2-3H2,1H3,(H,12,13). The Morgan fingerprint density at radius 3 is 2.73 bits per heavy atom. The van der Waals surface area contributed by atoms with Gasteiger partial charge in [-0.15, -0.1) is 22.7 Å². The van der Waals surface area contributed by atoms with Crippen molar-refractivity contribution in [2.75, 3.05) is 0 Å². The number of aromatic nitrogens is 1. The maximum Gasteiger partial charge on any atom is 0.346 e. The number of hydrogen-bond donors (Lipinski definition) is 1. The van der Waals surface area contributed by atoms with Crippen molar-refractivity contribution in [3.63, 3.8) is 0 Å². The summed E-state index contributed by atoms with van der Waals surface area (Å²) in [5, 5.41) is 10.2. The zero-order valence-electron chi connectivity index (χ0n) is 8.11. The van der Waals surface area contributed by atoms with Crippen LogP contribution in [0.4, 0.5) is 0 Å². The van der Waals surface area contributed by atoms with Gasteiger partial charge in [0.1, 0.15) is 8.89 Å². The quantitative estimate of drug-likeness (QED) is 0.875. The van der Waals surface area contributed by atoms with Crippen molar-refractivity contribution >= 4 is 38.2 Å². The molecule has 0 aromatic carbocycles. The first kappa shape index (κ1) is 9.30. The molecule has 1 saturated carbocycles. The highest BCUT2D eigenvalue weighted by atomic mass is 32.2. The molecule has 2 aromatic rings. The normalized spacial score (nSPS) is 16.1. The van der Waals surface area contributed by atoms with E-state index in [1.807, 2.05) is 6.92 Å². The molecule has 2 aromatic heterocycles. The van der Waals surface area contributed by atoms with Gasteiger partial charge in [-0.3, -0.25) is 0 Å². The van der Waals surface area contributed by atoms with Gasteiger partial charge in [-0.2, -0.15) is 0 Å². The van der Waals surface area contributed by atoms with E-state index in [-0.39, 0.29) is 0 Å². The smallest absolute Gasteiger partial charge is 0.346 e. The molecular weight excluding hydrogens is 230 g/mol. The number of carbonyl (C=O) groups is 1. The predicted octanol–water partition coefficient (Wildman–Crippen LogP) is 3.24. The number of hydrogen-bond acceptors (Lipinski definition) is 4. The number of fused-ring (bicyclic) bond motifs is 1. The van der Waals surface area contributed by atoms with Crippen LogP contribution in [0.25, 0.3) is 9.53 Å². The van der Waals surface area contributed by atoms with Crippen LogP contribution >= 0.6 is 22.7 Å². The number of thiophene rings is 1. The third-order valence-corrected chi connectivity index (χ3v) is 5.20. The number of carboxylic acid groups (broad SMARTS) is 1. The molecule has 1 N–H and O–H groups in total. The largest absolute Gasteiger partial charge is 0.477 e. The van der Waals surface area contributed by atoms with Gasteiger partial charge in [0, 0.05) is 11.5 Å². The summed E-state index contributed by atoms with van der Waals surface area (Å²) in [4.78, 5) is 15.9. The fourth-order valence-electron chi connectivity index (χ4n) is 1.61. The SMILES string of the molecule is Cc1c(C(=O)O)sc2sc(C3CC3)nc12. The van der Waals surface area contributed by atoms with Gasteiger partial charge < -0.3 is 5.11 Å². The Morgan fingerprint density at radius 1 is 1.47 bits per heavy atom. The fraction of sp³-hybridized carbons (Fsp3) is 0.400. The van der Waals surface area contributed by atoms with Crippen LogP contribution in [0.1, 0.15) is 39.0 Å². The summed E-state index contributed by atoms with van der Waals surface area (Å²) < 4.78 is 1.06. The first-order valence-electron chi connectivity index (χ1n) is 4.80. The minimum Gasteiger partial charge on any atom is -0.477 e. The maximum absolute atomic E-state index is 10.9. The van der Waals surface area contributed by atoms with Crippen LogP contribution in [0.3, 0.4) is 0 Å². The van der Waals surface area contributed by atoms with E-state index in [2.05, 4.69) is 4.98 Å². The van der Waals surface area contributed by atoms with Crippen molar-refractivity contribution in [3.05, 3.63) is 15.4 Å². The molecule has 3 rings (SSSR count). The molecule has 0 radical (unpaired) electrons. The number of thiazole rings is 1. The lowest BCUT2D eigenvalue weighted by atomic mass is 10.3. The summed E-state index contributed by atoms with van der Waals surface area (Å²) >= 11 is 3.02. The molecule has 5 heteroatoms. The minimum absolute atomic E-state index is 0.436. The summed E-state index contributed by atoms with van der Waals surface area (Å²) in [7, 11) is 0. The van der Waals surface area contributed by atoms with Crippen LogP contribution in [-0.2, 0) is 0 Å². The molecular formula is C10H9NO2S2. The summed E-state index contributed by atoms with van der Waals surface area (Å²) in [5.74, 6) is -0.182. The molecule has 0 unspecified atom stereocenters. The van der Waals surface area contributed by atoms with E-state index in [1.54, 1.807) is 11.3 Å². The molecule has 0 aliphatic heterocycles. The number of aryl methyl sites for hydroxylation is 1. The third kappa shape index (κ3) is 1.38. The van der Waals surface area contributed by atoms with Crippen molar-refractivity contribution in [2.45, 2.75) is 25.7 Å². The zero-order chi connectivity index (χ0) is 10.6. The summed E-state index contributed by atoms with van der Waals surface area (Å²) in [6, 6.07) is 0. The molecule has 2 heterocycles. The fourth-order valence-corrected chi connectivity index (χ4v) is 4.13. The van der Waals surface area contributed by atoms with Crippen LogP contribution in [-0.4, -0.2) is 16.1 Å². The van der Waals surface area contributed by atoms with Crippen molar-refractivity contribution in [1.82, 2.24) is 4.98 Å². The Labute approximate surface area is 94.4 Å². The second-order valence-corrected chi connectivity index (χ2v) is 6.13. The monoisotopic (exact) mass is 239 g/mol. The highest BCUT2D eigenvalue weighted by Crippen LogP contribution is 2.45. The Bertz CT molecular complexity index is 551. The van der Waals surface area contributed by atoms with Gasteiger partial charge >= 0.3 is 5.97 Å². The van der Waals surface area contributed by atoms with Crippen molar-refractivity contribution in [3.8, 4) is 0 Å². The van der Waals surface area contributed by atoms with Gasteiger partial charge in [-0.25, -0.2) is 9.78 Å². The molecule has 1 aliphatic carbocycles. The van der Waals surface area contributed by atoms with E-state index in [0.29, 0.717) is 10.8 Å². The average molecular weight is 239 g/mol. The third-order valence-electron chi connectivity index (χ3n) is 2.62. The van der Waals surface area contributed by atoms with Crippen molar-refractivity contribution in [1.29, 1.82) is 0 Å². The second kappa shape index (κ2) is 3.02. The second-order valence-electron chi connectivity index (χ2n) is 3.82. The van der Waals surface area contributed by atoms with Gasteiger partial charge in [0.15, 0.2) is 0 Å². The molecule has 3 nitrogen and oxygen atoms in total. The Morgan fingerprint density at radius 2 is 2.20 bits per heavy atom. The molecule has 0 atom stereocenters. The van der Waals surface area contributed by atoms with Gasteiger partial charge in [0.25, 0.3) is 0 Å². The molecule has 0 bridgehead atoms. The highest BCUT2D eigenvalue weighted by Gasteiger charge is 2.28. The lowest BCUT2D eigenvalue weighted by Gasteiger charge is -1.90.